The fourth-order valence-corrected chi connectivity index (χ4v) is 3.80. The van der Waals surface area contributed by atoms with E-state index in [0.29, 0.717) is 22.4 Å². The number of aromatic nitrogens is 5. The second-order valence-electron chi connectivity index (χ2n) is 8.21. The first-order valence-corrected chi connectivity index (χ1v) is 10.6. The van der Waals surface area contributed by atoms with E-state index in [2.05, 4.69) is 20.7 Å². The number of pyridine rings is 2. The van der Waals surface area contributed by atoms with Crippen LogP contribution in [0.15, 0.2) is 47.8 Å². The molecule has 0 aliphatic heterocycles. The lowest BCUT2D eigenvalue weighted by Gasteiger charge is -2.13. The van der Waals surface area contributed by atoms with Crippen LogP contribution in [-0.2, 0) is 18.9 Å². The maximum absolute atomic E-state index is 13.5. The zero-order chi connectivity index (χ0) is 26.5. The van der Waals surface area contributed by atoms with Crippen LogP contribution in [0.2, 0.25) is 0 Å². The minimum absolute atomic E-state index is 0.0696. The van der Waals surface area contributed by atoms with Crippen LogP contribution >= 0.6 is 0 Å². The van der Waals surface area contributed by atoms with Crippen LogP contribution in [-0.4, -0.2) is 42.7 Å². The van der Waals surface area contributed by atoms with Gasteiger partial charge in [-0.3, -0.25) is 23.6 Å². The van der Waals surface area contributed by atoms with Crippen molar-refractivity contribution >= 4 is 39.9 Å². The van der Waals surface area contributed by atoms with E-state index in [1.54, 1.807) is 54.1 Å². The fraction of sp³-hybridized carbons (Fsp3) is 0.261. The highest BCUT2D eigenvalue weighted by atomic mass is 16.2. The van der Waals surface area contributed by atoms with Gasteiger partial charge in [0.2, 0.25) is 5.91 Å². The first kappa shape index (κ1) is 18.1. The van der Waals surface area contributed by atoms with Gasteiger partial charge < -0.3 is 20.5 Å². The molecular weight excluding hydrogens is 436 g/mol. The third-order valence-corrected chi connectivity index (χ3v) is 5.72. The second kappa shape index (κ2) is 8.18. The Morgan fingerprint density at radius 2 is 2.00 bits per heavy atom. The number of hydrogen-bond donors (Lipinski definition) is 3. The molecular formula is C23H24N8O3. The Morgan fingerprint density at radius 3 is 2.71 bits per heavy atom. The normalized spacial score (nSPS) is 14.8. The van der Waals surface area contributed by atoms with E-state index < -0.39 is 12.9 Å². The largest absolute Gasteiger partial charge is 0.355 e. The van der Waals surface area contributed by atoms with Gasteiger partial charge in [-0.25, -0.2) is 4.98 Å². The predicted molar refractivity (Wildman–Crippen MR) is 128 cm³/mol. The average Bonchev–Trinajstić information content (AvgIpc) is 3.51. The lowest BCUT2D eigenvalue weighted by Crippen LogP contribution is -2.21. The number of hydrogen-bond acceptors (Lipinski definition) is 6. The molecule has 3 N–H and O–H groups in total. The van der Waals surface area contributed by atoms with Crippen molar-refractivity contribution < 1.29 is 13.7 Å². The van der Waals surface area contributed by atoms with Crippen molar-refractivity contribution in [2.45, 2.75) is 12.8 Å². The van der Waals surface area contributed by atoms with E-state index in [9.17, 15) is 14.4 Å². The van der Waals surface area contributed by atoms with Gasteiger partial charge >= 0.3 is 0 Å². The summed E-state index contributed by atoms with van der Waals surface area (Å²) in [6.45, 7) is -2.72. The minimum Gasteiger partial charge on any atom is -0.355 e. The Bertz CT molecular complexity index is 1600. The predicted octanol–water partition coefficient (Wildman–Crippen LogP) is 1.91. The molecule has 11 nitrogen and oxygen atoms in total. The molecule has 1 saturated carbocycles. The summed E-state index contributed by atoms with van der Waals surface area (Å²) in [5, 5.41) is 12.4. The summed E-state index contributed by atoms with van der Waals surface area (Å²) < 4.78 is 26.9. The van der Waals surface area contributed by atoms with E-state index in [4.69, 9.17) is 4.11 Å². The topological polar surface area (TPSA) is 128 Å². The van der Waals surface area contributed by atoms with Gasteiger partial charge in [0.15, 0.2) is 5.82 Å². The summed E-state index contributed by atoms with van der Waals surface area (Å²) in [6.07, 6.45) is 7.82. The number of nitrogens with one attached hydrogen (secondary N) is 3. The van der Waals surface area contributed by atoms with Crippen molar-refractivity contribution in [3.63, 3.8) is 0 Å². The van der Waals surface area contributed by atoms with Crippen molar-refractivity contribution in [2.75, 3.05) is 17.6 Å². The molecule has 0 saturated heterocycles. The van der Waals surface area contributed by atoms with E-state index in [1.807, 2.05) is 5.32 Å². The summed E-state index contributed by atoms with van der Waals surface area (Å²) in [5.41, 5.74) is 0.761. The first-order chi connectivity index (χ1) is 17.5. The SMILES string of the molecule is [2H]C([2H])([2H])NC(=O)c1cnc(NC(=O)C2CC2)cc1Nc1cn(C)c2ccn(-c3ccn(C)n3)c(=O)c12. The van der Waals surface area contributed by atoms with Crippen molar-refractivity contribution in [3.8, 4) is 5.82 Å². The Balaban J connectivity index is 1.59. The van der Waals surface area contributed by atoms with Crippen LogP contribution < -0.4 is 21.5 Å². The number of nitrogens with zero attached hydrogens (tertiary/aromatic N) is 5. The number of fused-ring (bicyclic) bond motifs is 1. The summed E-state index contributed by atoms with van der Waals surface area (Å²) >= 11 is 0. The van der Waals surface area contributed by atoms with Gasteiger partial charge in [-0.15, -0.1) is 0 Å². The van der Waals surface area contributed by atoms with Gasteiger partial charge in [-0.2, -0.15) is 5.10 Å². The Morgan fingerprint density at radius 1 is 1.18 bits per heavy atom. The van der Waals surface area contributed by atoms with Crippen LogP contribution in [0.25, 0.3) is 16.7 Å². The van der Waals surface area contributed by atoms with Gasteiger partial charge in [0, 0.05) is 68.0 Å². The highest BCUT2D eigenvalue weighted by Crippen LogP contribution is 2.32. The van der Waals surface area contributed by atoms with Crippen LogP contribution in [0.4, 0.5) is 17.2 Å². The maximum Gasteiger partial charge on any atom is 0.267 e. The summed E-state index contributed by atoms with van der Waals surface area (Å²) in [5.74, 6) is -0.505. The summed E-state index contributed by atoms with van der Waals surface area (Å²) in [6, 6.07) is 4.92. The first-order valence-electron chi connectivity index (χ1n) is 12.1. The number of aryl methyl sites for hydroxylation is 2. The van der Waals surface area contributed by atoms with Gasteiger partial charge in [0.25, 0.3) is 11.5 Å². The van der Waals surface area contributed by atoms with Crippen LogP contribution in [0, 0.1) is 5.92 Å². The van der Waals surface area contributed by atoms with E-state index >= 15 is 0 Å². The van der Waals surface area contributed by atoms with Crippen LogP contribution in [0.3, 0.4) is 0 Å². The molecule has 1 aliphatic carbocycles. The van der Waals surface area contributed by atoms with Gasteiger partial charge in [0.05, 0.1) is 27.8 Å². The monoisotopic (exact) mass is 463 g/mol. The molecule has 1 fully saturated rings. The van der Waals surface area contributed by atoms with Crippen molar-refractivity contribution in [2.24, 2.45) is 20.0 Å². The molecule has 11 heteroatoms. The number of carbonyl (C=O) groups excluding carboxylic acids is 2. The molecule has 4 heterocycles. The molecule has 4 aromatic heterocycles. The number of amides is 2. The lowest BCUT2D eigenvalue weighted by molar-refractivity contribution is -0.117. The quantitative estimate of drug-likeness (QED) is 0.401. The molecule has 174 valence electrons. The lowest BCUT2D eigenvalue weighted by atomic mass is 10.2. The Labute approximate surface area is 198 Å². The van der Waals surface area contributed by atoms with Crippen molar-refractivity contribution in [1.29, 1.82) is 0 Å². The molecule has 0 spiro atoms. The van der Waals surface area contributed by atoms with Crippen LogP contribution in [0.5, 0.6) is 0 Å². The van der Waals surface area contributed by atoms with Gasteiger partial charge in [-0.1, -0.05) is 0 Å². The molecule has 2 amide bonds. The summed E-state index contributed by atoms with van der Waals surface area (Å²) in [4.78, 5) is 42.7. The smallest absolute Gasteiger partial charge is 0.267 e. The molecule has 0 radical (unpaired) electrons. The maximum atomic E-state index is 13.5. The Kier molecular flexibility index (Phi) is 4.34. The van der Waals surface area contributed by atoms with Crippen molar-refractivity contribution in [3.05, 3.63) is 58.9 Å². The van der Waals surface area contributed by atoms with E-state index in [1.165, 1.54) is 16.8 Å². The molecule has 34 heavy (non-hydrogen) atoms. The molecule has 4 aromatic rings. The van der Waals surface area contributed by atoms with Gasteiger partial charge in [0.1, 0.15) is 5.82 Å². The average molecular weight is 464 g/mol. The minimum atomic E-state index is -2.72. The highest BCUT2D eigenvalue weighted by molar-refractivity contribution is 6.03. The number of anilines is 3. The number of rotatable bonds is 6. The standard InChI is InChI=1S/C23H24N8O3/c1-24-22(33)14-11-25-18(27-21(32)13-4-5-13)10-15(14)26-16-12-29(2)17-6-9-31(23(34)20(16)17)19-7-8-30(3)28-19/h6-13H,4-5H2,1-3H3,(H,24,33)(H2,25,26,27,32)/i1D3. The molecule has 0 unspecified atom stereocenters. The zero-order valence-electron chi connectivity index (χ0n) is 21.5. The summed E-state index contributed by atoms with van der Waals surface area (Å²) in [7, 11) is 3.52. The third-order valence-electron chi connectivity index (χ3n) is 5.72. The third kappa shape index (κ3) is 3.81. The molecule has 0 bridgehead atoms. The van der Waals surface area contributed by atoms with Crippen LogP contribution in [0.1, 0.15) is 27.3 Å². The van der Waals surface area contributed by atoms with E-state index in [0.717, 1.165) is 12.8 Å². The molecule has 1 aliphatic rings. The molecule has 5 rings (SSSR count). The molecule has 0 aromatic carbocycles. The van der Waals surface area contributed by atoms with Crippen molar-refractivity contribution in [1.82, 2.24) is 29.2 Å². The number of carbonyl (C=O) groups is 2. The second-order valence-corrected chi connectivity index (χ2v) is 8.21. The highest BCUT2D eigenvalue weighted by Gasteiger charge is 2.30. The Hall–Kier alpha value is -4.41. The van der Waals surface area contributed by atoms with Gasteiger partial charge in [-0.05, 0) is 18.9 Å². The fourth-order valence-electron chi connectivity index (χ4n) is 3.80. The molecule has 0 atom stereocenters. The zero-order valence-corrected chi connectivity index (χ0v) is 18.5. The van der Waals surface area contributed by atoms with E-state index in [-0.39, 0.29) is 34.5 Å².